The molecule has 12 heteroatoms. The molecule has 5 rings (SSSR count). The third-order valence-corrected chi connectivity index (χ3v) is 6.17. The van der Waals surface area contributed by atoms with E-state index in [0.29, 0.717) is 32.4 Å². The highest BCUT2D eigenvalue weighted by molar-refractivity contribution is 6.34. The molecule has 0 saturated carbocycles. The number of allylic oxidation sites excluding steroid dienone is 1. The lowest BCUT2D eigenvalue weighted by atomic mass is 9.95. The van der Waals surface area contributed by atoms with Gasteiger partial charge >= 0.3 is 12.0 Å². The molecule has 37 heavy (non-hydrogen) atoms. The van der Waals surface area contributed by atoms with Crippen LogP contribution in [-0.4, -0.2) is 32.9 Å². The number of halogens is 2. The van der Waals surface area contributed by atoms with Crippen LogP contribution in [0.5, 0.6) is 0 Å². The molecule has 1 unspecified atom stereocenters. The highest BCUT2D eigenvalue weighted by Crippen LogP contribution is 2.35. The van der Waals surface area contributed by atoms with Crippen molar-refractivity contribution >= 4 is 64.0 Å². The van der Waals surface area contributed by atoms with Crippen molar-refractivity contribution in [3.8, 4) is 0 Å². The summed E-state index contributed by atoms with van der Waals surface area (Å²) in [4.78, 5) is 37.8. The number of carbonyl (C=O) groups is 2. The predicted octanol–water partition coefficient (Wildman–Crippen LogP) is 5.25. The van der Waals surface area contributed by atoms with Gasteiger partial charge in [-0.3, -0.25) is 10.1 Å². The summed E-state index contributed by atoms with van der Waals surface area (Å²) < 4.78 is 5.73. The number of carboxylic acids is 1. The number of pyridine rings is 1. The van der Waals surface area contributed by atoms with Gasteiger partial charge in [-0.25, -0.2) is 14.8 Å². The Morgan fingerprint density at radius 1 is 1.08 bits per heavy atom. The van der Waals surface area contributed by atoms with Gasteiger partial charge in [0.15, 0.2) is 5.58 Å². The van der Waals surface area contributed by atoms with E-state index < -0.39 is 17.9 Å². The molecule has 2 aromatic carbocycles. The number of anilines is 2. The number of rotatable bonds is 5. The number of nitrogens with one attached hydrogen (secondary N) is 3. The summed E-state index contributed by atoms with van der Waals surface area (Å²) in [5.41, 5.74) is 2.31. The topological polar surface area (TPSA) is 142 Å². The van der Waals surface area contributed by atoms with Crippen LogP contribution in [-0.2, 0) is 4.79 Å². The number of hydrogen-bond donors (Lipinski definition) is 4. The molecular weight excluding hydrogens is 519 g/mol. The van der Waals surface area contributed by atoms with Crippen molar-refractivity contribution in [2.45, 2.75) is 13.0 Å². The third kappa shape index (κ3) is 4.97. The zero-order valence-electron chi connectivity index (χ0n) is 19.1. The number of carbonyl (C=O) groups excluding carboxylic acids is 1. The molecule has 2 aromatic heterocycles. The summed E-state index contributed by atoms with van der Waals surface area (Å²) in [5.74, 6) is -1.31. The smallest absolute Gasteiger partial charge is 0.335 e. The predicted molar refractivity (Wildman–Crippen MR) is 140 cm³/mol. The monoisotopic (exact) mass is 536 g/mol. The van der Waals surface area contributed by atoms with Crippen LogP contribution in [0.25, 0.3) is 11.1 Å². The first-order valence-electron chi connectivity index (χ1n) is 10.9. The van der Waals surface area contributed by atoms with E-state index in [0.717, 1.165) is 0 Å². The average molecular weight is 537 g/mol. The Morgan fingerprint density at radius 3 is 2.62 bits per heavy atom. The fourth-order valence-corrected chi connectivity index (χ4v) is 4.29. The second kappa shape index (κ2) is 9.92. The number of nitrogens with zero attached hydrogens (tertiary/aromatic N) is 3. The van der Waals surface area contributed by atoms with Crippen molar-refractivity contribution in [1.29, 1.82) is 0 Å². The lowest BCUT2D eigenvalue weighted by Crippen LogP contribution is -2.37. The van der Waals surface area contributed by atoms with E-state index in [1.54, 1.807) is 49.4 Å². The number of aromatic nitrogens is 2. The molecule has 186 valence electrons. The Labute approximate surface area is 220 Å². The summed E-state index contributed by atoms with van der Waals surface area (Å²) in [6, 6.07) is 14.2. The van der Waals surface area contributed by atoms with Gasteiger partial charge in [0.1, 0.15) is 17.4 Å². The van der Waals surface area contributed by atoms with Crippen LogP contribution >= 0.6 is 23.2 Å². The standard InChI is InChI=1S/C25H18Cl2N6O4/c1-12-19(22(34)31-18-11-13(23(35)36)9-10-28-18)20(14-5-2-3-6-15(14)26)32-24(29-12)33-25-30-17-8-4-7-16(27)21(17)37-25/h2-11,20H,1H3,(H,35,36)(H,28,31,34)(H2,29,30,32,33). The van der Waals surface area contributed by atoms with Crippen molar-refractivity contribution in [2.24, 2.45) is 4.99 Å². The SMILES string of the molecule is CC1=C(C(=O)Nc2cc(C(=O)O)ccn2)C(c2ccccc2Cl)N=C(Nc2nc3cccc(Cl)c3o2)N1. The van der Waals surface area contributed by atoms with Crippen LogP contribution in [0.2, 0.25) is 10.0 Å². The Bertz CT molecular complexity index is 1610. The Hall–Kier alpha value is -4.41. The van der Waals surface area contributed by atoms with Crippen molar-refractivity contribution in [3.63, 3.8) is 0 Å². The first-order valence-corrected chi connectivity index (χ1v) is 11.7. The lowest BCUT2D eigenvalue weighted by molar-refractivity contribution is -0.113. The second-order valence-electron chi connectivity index (χ2n) is 7.99. The van der Waals surface area contributed by atoms with Gasteiger partial charge in [0.05, 0.1) is 16.2 Å². The van der Waals surface area contributed by atoms with E-state index in [1.807, 2.05) is 0 Å². The minimum atomic E-state index is -1.14. The van der Waals surface area contributed by atoms with Crippen LogP contribution in [0, 0.1) is 0 Å². The van der Waals surface area contributed by atoms with Crippen LogP contribution in [0.1, 0.15) is 28.9 Å². The van der Waals surface area contributed by atoms with Gasteiger partial charge in [0.2, 0.25) is 5.96 Å². The quantitative estimate of drug-likeness (QED) is 0.270. The highest BCUT2D eigenvalue weighted by atomic mass is 35.5. The van der Waals surface area contributed by atoms with Gasteiger partial charge in [0, 0.05) is 22.5 Å². The Kier molecular flexibility index (Phi) is 6.51. The van der Waals surface area contributed by atoms with Crippen molar-refractivity contribution in [2.75, 3.05) is 10.6 Å². The molecule has 0 saturated heterocycles. The van der Waals surface area contributed by atoms with E-state index >= 15 is 0 Å². The summed E-state index contributed by atoms with van der Waals surface area (Å²) in [7, 11) is 0. The number of fused-ring (bicyclic) bond motifs is 1. The molecule has 1 atom stereocenters. The zero-order chi connectivity index (χ0) is 26.1. The molecular formula is C25H18Cl2N6O4. The van der Waals surface area contributed by atoms with Crippen LogP contribution in [0.4, 0.5) is 11.8 Å². The number of oxazole rings is 1. The van der Waals surface area contributed by atoms with Crippen LogP contribution in [0.15, 0.2) is 81.5 Å². The number of carboxylic acid groups (broad SMARTS) is 1. The third-order valence-electron chi connectivity index (χ3n) is 5.53. The first-order chi connectivity index (χ1) is 17.8. The number of aliphatic imine (C=N–C) groups is 1. The highest BCUT2D eigenvalue weighted by Gasteiger charge is 2.31. The summed E-state index contributed by atoms with van der Waals surface area (Å²) in [6.07, 6.45) is 1.30. The fraction of sp³-hybridized carbons (Fsp3) is 0.0800. The largest absolute Gasteiger partial charge is 0.478 e. The Morgan fingerprint density at radius 2 is 1.86 bits per heavy atom. The Balaban J connectivity index is 1.49. The molecule has 1 amide bonds. The normalized spacial score (nSPS) is 15.2. The van der Waals surface area contributed by atoms with Crippen LogP contribution < -0.4 is 16.0 Å². The van der Waals surface area contributed by atoms with Gasteiger partial charge < -0.3 is 20.2 Å². The molecule has 1 aliphatic rings. The molecule has 10 nitrogen and oxygen atoms in total. The molecule has 1 aliphatic heterocycles. The summed E-state index contributed by atoms with van der Waals surface area (Å²) in [5, 5.41) is 18.8. The number of hydrogen-bond acceptors (Lipinski definition) is 8. The summed E-state index contributed by atoms with van der Waals surface area (Å²) in [6.45, 7) is 1.71. The van der Waals surface area contributed by atoms with Gasteiger partial charge in [-0.1, -0.05) is 47.5 Å². The summed E-state index contributed by atoms with van der Waals surface area (Å²) >= 11 is 12.7. The molecule has 4 N–H and O–H groups in total. The van der Waals surface area contributed by atoms with E-state index in [4.69, 9.17) is 27.6 Å². The molecule has 4 aromatic rings. The molecule has 3 heterocycles. The maximum atomic E-state index is 13.4. The number of benzene rings is 2. The molecule has 0 fully saturated rings. The van der Waals surface area contributed by atoms with Crippen molar-refractivity contribution in [3.05, 3.63) is 93.2 Å². The zero-order valence-corrected chi connectivity index (χ0v) is 20.6. The van der Waals surface area contributed by atoms with E-state index in [-0.39, 0.29) is 28.9 Å². The van der Waals surface area contributed by atoms with Gasteiger partial charge in [0.25, 0.3) is 5.91 Å². The maximum Gasteiger partial charge on any atom is 0.335 e. The first kappa shape index (κ1) is 24.3. The van der Waals surface area contributed by atoms with E-state index in [1.165, 1.54) is 18.3 Å². The number of guanidine groups is 1. The van der Waals surface area contributed by atoms with Crippen LogP contribution in [0.3, 0.4) is 0 Å². The second-order valence-corrected chi connectivity index (χ2v) is 8.80. The van der Waals surface area contributed by atoms with Gasteiger partial charge in [-0.05, 0) is 37.3 Å². The number of amides is 1. The van der Waals surface area contributed by atoms with E-state index in [2.05, 4.69) is 30.9 Å². The van der Waals surface area contributed by atoms with Crippen molar-refractivity contribution < 1.29 is 19.1 Å². The van der Waals surface area contributed by atoms with E-state index in [9.17, 15) is 14.7 Å². The molecule has 0 bridgehead atoms. The van der Waals surface area contributed by atoms with Crippen molar-refractivity contribution in [1.82, 2.24) is 15.3 Å². The minimum Gasteiger partial charge on any atom is -0.478 e. The number of para-hydroxylation sites is 1. The fourth-order valence-electron chi connectivity index (χ4n) is 3.84. The number of aromatic carboxylic acids is 1. The average Bonchev–Trinajstić information content (AvgIpc) is 3.28. The minimum absolute atomic E-state index is 0.0108. The molecule has 0 spiro atoms. The van der Waals surface area contributed by atoms with Gasteiger partial charge in [-0.2, -0.15) is 4.98 Å². The lowest BCUT2D eigenvalue weighted by Gasteiger charge is -2.26. The molecule has 0 radical (unpaired) electrons. The molecule has 0 aliphatic carbocycles. The maximum absolute atomic E-state index is 13.4. The van der Waals surface area contributed by atoms with Gasteiger partial charge in [-0.15, -0.1) is 0 Å².